The molecule has 0 radical (unpaired) electrons. The summed E-state index contributed by atoms with van der Waals surface area (Å²) >= 11 is 0. The summed E-state index contributed by atoms with van der Waals surface area (Å²) < 4.78 is 4.86. The Morgan fingerprint density at radius 3 is 2.82 bits per heavy atom. The topological polar surface area (TPSA) is 59.2 Å². The predicted molar refractivity (Wildman–Crippen MR) is 39.0 cm³/mol. The fourth-order valence-corrected chi connectivity index (χ4v) is 0.737. The van der Waals surface area contributed by atoms with E-state index in [0.29, 0.717) is 5.75 Å². The fraction of sp³-hybridized carbons (Fsp3) is 0.143. The predicted octanol–water partition coefficient (Wildman–Crippen LogP) is 1.87. The summed E-state index contributed by atoms with van der Waals surface area (Å²) in [5.74, 6) is 0.579. The number of hydrogen-bond donors (Lipinski definition) is 1. The van der Waals surface area contributed by atoms with Crippen LogP contribution in [0, 0.1) is 10.7 Å². The van der Waals surface area contributed by atoms with Gasteiger partial charge in [-0.3, -0.25) is 0 Å². The number of nitrogens with one attached hydrogen (secondary N) is 1. The van der Waals surface area contributed by atoms with Crippen molar-refractivity contribution in [2.75, 3.05) is 7.11 Å². The number of rotatable bonds is 2. The Labute approximate surface area is 64.1 Å². The van der Waals surface area contributed by atoms with Crippen molar-refractivity contribution in [3.05, 3.63) is 29.5 Å². The Kier molecular flexibility index (Phi) is 2.06. The molecule has 0 saturated heterocycles. The molecule has 1 N–H and O–H groups in total. The van der Waals surface area contributed by atoms with Gasteiger partial charge < -0.3 is 9.94 Å². The zero-order valence-corrected chi connectivity index (χ0v) is 6.07. The van der Waals surface area contributed by atoms with Gasteiger partial charge in [-0.25, -0.2) is 0 Å². The maximum absolute atomic E-state index is 10.4. The number of ether oxygens (including phenoxy) is 1. The van der Waals surface area contributed by atoms with Gasteiger partial charge in [0.2, 0.25) is 5.69 Å². The zero-order chi connectivity index (χ0) is 8.27. The first-order valence-corrected chi connectivity index (χ1v) is 3.06. The molecule has 0 spiro atoms. The maximum atomic E-state index is 10.4. The van der Waals surface area contributed by atoms with E-state index in [9.17, 15) is 5.21 Å². The van der Waals surface area contributed by atoms with E-state index in [2.05, 4.69) is 0 Å². The molecule has 0 unspecified atom stereocenters. The highest BCUT2D eigenvalue weighted by Gasteiger charge is 2.00. The van der Waals surface area contributed by atoms with Crippen LogP contribution in [0.25, 0.3) is 0 Å². The molecule has 1 aromatic rings. The summed E-state index contributed by atoms with van der Waals surface area (Å²) in [7, 11) is 1.51. The van der Waals surface area contributed by atoms with Gasteiger partial charge in [-0.15, -0.1) is 0 Å². The Balaban J connectivity index is 3.01. The minimum absolute atomic E-state index is 0.0442. The largest absolute Gasteiger partial charge is 0.594 e. The van der Waals surface area contributed by atoms with Gasteiger partial charge in [0.1, 0.15) is 5.75 Å². The van der Waals surface area contributed by atoms with Gasteiger partial charge in [0.25, 0.3) is 0 Å². The van der Waals surface area contributed by atoms with Crippen LogP contribution in [-0.2, 0) is 0 Å². The van der Waals surface area contributed by atoms with Gasteiger partial charge in [-0.1, -0.05) is 10.9 Å². The molecule has 0 heterocycles. The molecule has 1 aromatic carbocycles. The summed E-state index contributed by atoms with van der Waals surface area (Å²) in [5, 5.41) is 10.4. The quantitative estimate of drug-likeness (QED) is 0.399. The monoisotopic (exact) mass is 152 g/mol. The van der Waals surface area contributed by atoms with Crippen LogP contribution in [0.3, 0.4) is 0 Å². The van der Waals surface area contributed by atoms with Crippen molar-refractivity contribution >= 4 is 5.69 Å². The van der Waals surface area contributed by atoms with E-state index >= 15 is 0 Å². The van der Waals surface area contributed by atoms with Crippen molar-refractivity contribution < 1.29 is 9.60 Å². The maximum Gasteiger partial charge on any atom is 0.247 e. The highest BCUT2D eigenvalue weighted by molar-refractivity contribution is 5.37. The molecule has 0 atom stereocenters. The van der Waals surface area contributed by atoms with Crippen molar-refractivity contribution in [1.29, 1.82) is 5.53 Å². The van der Waals surface area contributed by atoms with Gasteiger partial charge in [0.05, 0.1) is 13.2 Å². The second-order valence-electron chi connectivity index (χ2n) is 2.00. The van der Waals surface area contributed by atoms with Crippen molar-refractivity contribution in [3.8, 4) is 5.75 Å². The second kappa shape index (κ2) is 3.01. The molecule has 11 heavy (non-hydrogen) atoms. The van der Waals surface area contributed by atoms with Crippen LogP contribution in [0.5, 0.6) is 5.75 Å². The van der Waals surface area contributed by atoms with Crippen LogP contribution in [-0.4, -0.2) is 12.0 Å². The molecule has 0 aliphatic heterocycles. The van der Waals surface area contributed by atoms with Crippen molar-refractivity contribution in [2.45, 2.75) is 0 Å². The Morgan fingerprint density at radius 2 is 2.27 bits per heavy atom. The SMILES string of the molecule is COc1cccc([N+](=N)[O-])c1. The molecule has 1 rings (SSSR count). The first kappa shape index (κ1) is 7.53. The highest BCUT2D eigenvalue weighted by atomic mass is 16.5. The lowest BCUT2D eigenvalue weighted by Gasteiger charge is -1.99. The average molecular weight is 152 g/mol. The minimum atomic E-state index is 0.0442. The summed E-state index contributed by atoms with van der Waals surface area (Å²) in [6.07, 6.45) is 0. The Bertz CT molecular complexity index is 273. The molecule has 0 amide bonds. The van der Waals surface area contributed by atoms with Crippen molar-refractivity contribution in [3.63, 3.8) is 0 Å². The van der Waals surface area contributed by atoms with E-state index < -0.39 is 0 Å². The third-order valence-electron chi connectivity index (χ3n) is 1.29. The molecule has 58 valence electrons. The van der Waals surface area contributed by atoms with E-state index in [1.54, 1.807) is 18.2 Å². The summed E-state index contributed by atoms with van der Waals surface area (Å²) in [6.45, 7) is 0. The normalized spacial score (nSPS) is 9.18. The lowest BCUT2D eigenvalue weighted by Crippen LogP contribution is -1.88. The fourth-order valence-electron chi connectivity index (χ4n) is 0.737. The molecule has 4 heteroatoms. The third kappa shape index (κ3) is 1.67. The Hall–Kier alpha value is -1.58. The van der Waals surface area contributed by atoms with Crippen LogP contribution in [0.15, 0.2) is 24.3 Å². The molecule has 0 aliphatic rings. The van der Waals surface area contributed by atoms with Crippen molar-refractivity contribution in [2.24, 2.45) is 0 Å². The van der Waals surface area contributed by atoms with Crippen LogP contribution in [0.2, 0.25) is 0 Å². The number of hydrogen-bond acceptors (Lipinski definition) is 3. The first-order valence-electron chi connectivity index (χ1n) is 3.06. The lowest BCUT2D eigenvalue weighted by atomic mass is 10.3. The average Bonchev–Trinajstić information content (AvgIpc) is 2.05. The summed E-state index contributed by atoms with van der Waals surface area (Å²) in [5.41, 5.74) is 6.98. The van der Waals surface area contributed by atoms with Crippen LogP contribution >= 0.6 is 0 Å². The van der Waals surface area contributed by atoms with Gasteiger partial charge in [-0.2, -0.15) is 0 Å². The van der Waals surface area contributed by atoms with E-state index in [-0.39, 0.29) is 10.5 Å². The number of benzene rings is 1. The molecule has 0 bridgehead atoms. The molecular formula is C7H8N2O2. The molecule has 0 fully saturated rings. The number of nitrogens with zero attached hydrogens (tertiary/aromatic N) is 1. The van der Waals surface area contributed by atoms with E-state index in [1.165, 1.54) is 13.2 Å². The first-order chi connectivity index (χ1) is 5.24. The highest BCUT2D eigenvalue weighted by Crippen LogP contribution is 2.17. The Morgan fingerprint density at radius 1 is 1.55 bits per heavy atom. The smallest absolute Gasteiger partial charge is 0.247 e. The molecule has 0 aliphatic carbocycles. The molecule has 0 aromatic heterocycles. The van der Waals surface area contributed by atoms with Crippen LogP contribution in [0.4, 0.5) is 5.69 Å². The molecular weight excluding hydrogens is 144 g/mol. The van der Waals surface area contributed by atoms with Crippen LogP contribution < -0.4 is 4.74 Å². The van der Waals surface area contributed by atoms with Gasteiger partial charge >= 0.3 is 0 Å². The minimum Gasteiger partial charge on any atom is -0.594 e. The van der Waals surface area contributed by atoms with Crippen LogP contribution in [0.1, 0.15) is 0 Å². The summed E-state index contributed by atoms with van der Waals surface area (Å²) in [6, 6.07) is 6.42. The van der Waals surface area contributed by atoms with E-state index in [0.717, 1.165) is 0 Å². The number of methoxy groups -OCH3 is 1. The summed E-state index contributed by atoms with van der Waals surface area (Å²) in [4.78, 5) is 0.0442. The standard InChI is InChI=1S/C7H8N2O2/c1-11-7-4-2-3-6(5-7)9(8)10/h2-5,8H,1H3. The molecule has 0 saturated carbocycles. The molecule has 4 nitrogen and oxygen atoms in total. The second-order valence-corrected chi connectivity index (χ2v) is 2.00. The van der Waals surface area contributed by atoms with Gasteiger partial charge in [0.15, 0.2) is 0 Å². The van der Waals surface area contributed by atoms with E-state index in [4.69, 9.17) is 10.3 Å². The van der Waals surface area contributed by atoms with Gasteiger partial charge in [-0.05, 0) is 11.6 Å². The zero-order valence-electron chi connectivity index (χ0n) is 6.07. The van der Waals surface area contributed by atoms with Gasteiger partial charge in [0, 0.05) is 6.07 Å². The van der Waals surface area contributed by atoms with Crippen molar-refractivity contribution in [1.82, 2.24) is 0 Å². The third-order valence-corrected chi connectivity index (χ3v) is 1.29. The van der Waals surface area contributed by atoms with E-state index in [1.807, 2.05) is 0 Å². The lowest BCUT2D eigenvalue weighted by molar-refractivity contribution is -0.465.